The number of rotatable bonds is 5. The fourth-order valence-corrected chi connectivity index (χ4v) is 3.09. The highest BCUT2D eigenvalue weighted by atomic mass is 35.5. The molecule has 0 unspecified atom stereocenters. The second kappa shape index (κ2) is 9.59. The second-order valence-electron chi connectivity index (χ2n) is 5.85. The standard InChI is InChI=1S/C18H19Cl2NO4/c19-14-8-6-12(15(20)10-14)7-9-17(23)25-11-16(22)21-18(24)13-4-2-1-3-5-13/h6-10,13H,1-5,11H2,(H,21,22,24). The van der Waals surface area contributed by atoms with E-state index in [2.05, 4.69) is 5.32 Å². The van der Waals surface area contributed by atoms with Crippen molar-refractivity contribution in [3.63, 3.8) is 0 Å². The zero-order valence-electron chi connectivity index (χ0n) is 13.6. The number of nitrogens with one attached hydrogen (secondary N) is 1. The third kappa shape index (κ3) is 6.52. The summed E-state index contributed by atoms with van der Waals surface area (Å²) in [6.07, 6.45) is 7.34. The Labute approximate surface area is 156 Å². The summed E-state index contributed by atoms with van der Waals surface area (Å²) < 4.78 is 4.82. The van der Waals surface area contributed by atoms with Gasteiger partial charge in [-0.15, -0.1) is 0 Å². The zero-order chi connectivity index (χ0) is 18.2. The van der Waals surface area contributed by atoms with Crippen LogP contribution in [0.2, 0.25) is 10.0 Å². The molecule has 2 rings (SSSR count). The summed E-state index contributed by atoms with van der Waals surface area (Å²) in [5.41, 5.74) is 0.597. The summed E-state index contributed by atoms with van der Waals surface area (Å²) >= 11 is 11.8. The van der Waals surface area contributed by atoms with Gasteiger partial charge in [0.15, 0.2) is 6.61 Å². The molecule has 5 nitrogen and oxygen atoms in total. The first-order valence-corrected chi connectivity index (χ1v) is 8.85. The number of hydrogen-bond donors (Lipinski definition) is 1. The van der Waals surface area contributed by atoms with E-state index in [4.69, 9.17) is 27.9 Å². The van der Waals surface area contributed by atoms with Crippen LogP contribution in [0.1, 0.15) is 37.7 Å². The molecule has 0 bridgehead atoms. The lowest BCUT2D eigenvalue weighted by atomic mass is 9.89. The van der Waals surface area contributed by atoms with Gasteiger partial charge in [-0.1, -0.05) is 48.5 Å². The molecule has 0 heterocycles. The third-order valence-electron chi connectivity index (χ3n) is 3.95. The second-order valence-corrected chi connectivity index (χ2v) is 6.70. The van der Waals surface area contributed by atoms with Gasteiger partial charge in [0.2, 0.25) is 5.91 Å². The Morgan fingerprint density at radius 2 is 1.88 bits per heavy atom. The van der Waals surface area contributed by atoms with Crippen LogP contribution in [-0.4, -0.2) is 24.4 Å². The molecule has 0 saturated heterocycles. The number of carbonyl (C=O) groups is 3. The van der Waals surface area contributed by atoms with Crippen LogP contribution in [0.5, 0.6) is 0 Å². The van der Waals surface area contributed by atoms with Crippen molar-refractivity contribution >= 4 is 47.1 Å². The lowest BCUT2D eigenvalue weighted by Gasteiger charge is -2.20. The van der Waals surface area contributed by atoms with Crippen molar-refractivity contribution in [2.75, 3.05) is 6.61 Å². The van der Waals surface area contributed by atoms with Crippen molar-refractivity contribution in [1.82, 2.24) is 5.32 Å². The molecular formula is C18H19Cl2NO4. The van der Waals surface area contributed by atoms with Crippen molar-refractivity contribution < 1.29 is 19.1 Å². The molecule has 1 aromatic carbocycles. The summed E-state index contributed by atoms with van der Waals surface area (Å²) in [4.78, 5) is 35.3. The van der Waals surface area contributed by atoms with Gasteiger partial charge in [-0.3, -0.25) is 14.9 Å². The van der Waals surface area contributed by atoms with E-state index in [1.807, 2.05) is 0 Å². The van der Waals surface area contributed by atoms with E-state index in [-0.39, 0.29) is 11.8 Å². The van der Waals surface area contributed by atoms with Crippen molar-refractivity contribution in [3.8, 4) is 0 Å². The number of benzene rings is 1. The average molecular weight is 384 g/mol. The van der Waals surface area contributed by atoms with Crippen LogP contribution >= 0.6 is 23.2 Å². The van der Waals surface area contributed by atoms with Gasteiger partial charge in [-0.2, -0.15) is 0 Å². The number of carbonyl (C=O) groups excluding carboxylic acids is 3. The van der Waals surface area contributed by atoms with Crippen molar-refractivity contribution in [1.29, 1.82) is 0 Å². The first-order valence-electron chi connectivity index (χ1n) is 8.09. The highest BCUT2D eigenvalue weighted by molar-refractivity contribution is 6.35. The van der Waals surface area contributed by atoms with E-state index in [1.54, 1.807) is 18.2 Å². The number of esters is 1. The number of imide groups is 1. The molecule has 1 fully saturated rings. The topological polar surface area (TPSA) is 72.5 Å². The van der Waals surface area contributed by atoms with Gasteiger partial charge in [0.1, 0.15) is 0 Å². The summed E-state index contributed by atoms with van der Waals surface area (Å²) in [5.74, 6) is -1.74. The Hall–Kier alpha value is -1.85. The van der Waals surface area contributed by atoms with Crippen LogP contribution in [0.3, 0.4) is 0 Å². The van der Waals surface area contributed by atoms with Crippen LogP contribution < -0.4 is 5.32 Å². The fourth-order valence-electron chi connectivity index (χ4n) is 2.62. The maximum atomic E-state index is 11.9. The average Bonchev–Trinajstić information content (AvgIpc) is 2.60. The largest absolute Gasteiger partial charge is 0.452 e. The van der Waals surface area contributed by atoms with Gasteiger partial charge in [-0.25, -0.2) is 4.79 Å². The van der Waals surface area contributed by atoms with E-state index in [9.17, 15) is 14.4 Å². The Kier molecular flexibility index (Phi) is 7.47. The van der Waals surface area contributed by atoms with Gasteiger partial charge in [0, 0.05) is 22.0 Å². The Bertz CT molecular complexity index is 682. The quantitative estimate of drug-likeness (QED) is 0.620. The summed E-state index contributed by atoms with van der Waals surface area (Å²) in [6.45, 7) is -0.504. The highest BCUT2D eigenvalue weighted by Gasteiger charge is 2.22. The minimum Gasteiger partial charge on any atom is -0.452 e. The van der Waals surface area contributed by atoms with Crippen LogP contribution in [0.4, 0.5) is 0 Å². The SMILES string of the molecule is O=C(COC(=O)C=Cc1ccc(Cl)cc1Cl)NC(=O)C1CCCCC1. The predicted octanol–water partition coefficient (Wildman–Crippen LogP) is 3.77. The molecule has 1 aromatic rings. The maximum absolute atomic E-state index is 11.9. The van der Waals surface area contributed by atoms with Gasteiger partial charge in [0.05, 0.1) is 0 Å². The molecular weight excluding hydrogens is 365 g/mol. The summed E-state index contributed by atoms with van der Waals surface area (Å²) in [5, 5.41) is 3.16. The summed E-state index contributed by atoms with van der Waals surface area (Å²) in [7, 11) is 0. The monoisotopic (exact) mass is 383 g/mol. The predicted molar refractivity (Wildman–Crippen MR) is 96.2 cm³/mol. The van der Waals surface area contributed by atoms with Crippen LogP contribution in [0, 0.1) is 5.92 Å². The number of ether oxygens (including phenoxy) is 1. The van der Waals surface area contributed by atoms with Gasteiger partial charge in [-0.05, 0) is 36.6 Å². The molecule has 1 saturated carbocycles. The van der Waals surface area contributed by atoms with E-state index in [0.717, 1.165) is 38.2 Å². The highest BCUT2D eigenvalue weighted by Crippen LogP contribution is 2.23. The number of halogens is 2. The van der Waals surface area contributed by atoms with E-state index < -0.39 is 18.5 Å². The minimum atomic E-state index is -0.703. The fraction of sp³-hybridized carbons (Fsp3) is 0.389. The molecule has 1 aliphatic carbocycles. The number of amides is 2. The molecule has 1 N–H and O–H groups in total. The summed E-state index contributed by atoms with van der Waals surface area (Å²) in [6, 6.07) is 4.85. The molecule has 0 aliphatic heterocycles. The minimum absolute atomic E-state index is 0.125. The lowest BCUT2D eigenvalue weighted by Crippen LogP contribution is -2.38. The molecule has 25 heavy (non-hydrogen) atoms. The van der Waals surface area contributed by atoms with Crippen LogP contribution in [0.25, 0.3) is 6.08 Å². The lowest BCUT2D eigenvalue weighted by molar-refractivity contribution is -0.146. The Morgan fingerprint density at radius 1 is 1.16 bits per heavy atom. The first kappa shape index (κ1) is 19.5. The first-order chi connectivity index (χ1) is 12.0. The Balaban J connectivity index is 1.76. The molecule has 1 aliphatic rings. The normalized spacial score (nSPS) is 15.1. The molecule has 0 radical (unpaired) electrons. The van der Waals surface area contributed by atoms with Crippen molar-refractivity contribution in [3.05, 3.63) is 39.9 Å². The smallest absolute Gasteiger partial charge is 0.331 e. The van der Waals surface area contributed by atoms with E-state index in [1.165, 1.54) is 6.08 Å². The Morgan fingerprint density at radius 3 is 2.56 bits per heavy atom. The van der Waals surface area contributed by atoms with E-state index >= 15 is 0 Å². The van der Waals surface area contributed by atoms with Crippen molar-refractivity contribution in [2.24, 2.45) is 5.92 Å². The zero-order valence-corrected chi connectivity index (χ0v) is 15.1. The number of hydrogen-bond acceptors (Lipinski definition) is 4. The van der Waals surface area contributed by atoms with Gasteiger partial charge < -0.3 is 4.74 Å². The van der Waals surface area contributed by atoms with Crippen molar-refractivity contribution in [2.45, 2.75) is 32.1 Å². The molecule has 2 amide bonds. The van der Waals surface area contributed by atoms with Crippen LogP contribution in [-0.2, 0) is 19.1 Å². The van der Waals surface area contributed by atoms with Crippen LogP contribution in [0.15, 0.2) is 24.3 Å². The molecule has 134 valence electrons. The molecule has 0 aromatic heterocycles. The third-order valence-corrected chi connectivity index (χ3v) is 4.51. The molecule has 0 atom stereocenters. The molecule has 7 heteroatoms. The van der Waals surface area contributed by atoms with Gasteiger partial charge >= 0.3 is 5.97 Å². The van der Waals surface area contributed by atoms with Gasteiger partial charge in [0.25, 0.3) is 5.91 Å². The maximum Gasteiger partial charge on any atom is 0.331 e. The van der Waals surface area contributed by atoms with E-state index in [0.29, 0.717) is 15.6 Å². The molecule has 0 spiro atoms.